The molecule has 2 aromatic rings. The molecule has 2 aromatic carbocycles. The van der Waals surface area contributed by atoms with Gasteiger partial charge in [-0.1, -0.05) is 27.8 Å². The van der Waals surface area contributed by atoms with Gasteiger partial charge in [0.2, 0.25) is 0 Å². The number of rotatable bonds is 2. The average molecular weight is 489 g/mol. The predicted molar refractivity (Wildman–Crippen MR) is 95.2 cm³/mol. The zero-order valence-electron chi connectivity index (χ0n) is 14.6. The summed E-state index contributed by atoms with van der Waals surface area (Å²) in [7, 11) is 0. The summed E-state index contributed by atoms with van der Waals surface area (Å²) in [6.45, 7) is 0. The first-order chi connectivity index (χ1) is 13.9. The molecule has 0 saturated heterocycles. The van der Waals surface area contributed by atoms with E-state index in [2.05, 4.69) is 27.8 Å². The Labute approximate surface area is 174 Å². The number of nitriles is 2. The van der Waals surface area contributed by atoms with Crippen LogP contribution in [0.15, 0.2) is 28.7 Å². The number of benzene rings is 2. The maximum atomic E-state index is 14.6. The Bertz CT molecular complexity index is 1090. The first-order valence-electron chi connectivity index (χ1n) is 7.93. The molecule has 0 radical (unpaired) electrons. The van der Waals surface area contributed by atoms with Crippen LogP contribution in [0.5, 0.6) is 0 Å². The van der Waals surface area contributed by atoms with E-state index >= 15 is 0 Å². The minimum Gasteiger partial charge on any atom is -0.206 e. The lowest BCUT2D eigenvalue weighted by Crippen LogP contribution is -2.11. The van der Waals surface area contributed by atoms with Crippen LogP contribution >= 0.6 is 15.9 Å². The molecular weight excluding hydrogens is 481 g/mol. The highest BCUT2D eigenvalue weighted by Crippen LogP contribution is 2.36. The van der Waals surface area contributed by atoms with Crippen LogP contribution < -0.4 is 0 Å². The van der Waals surface area contributed by atoms with Crippen LogP contribution in [0.1, 0.15) is 33.4 Å². The fraction of sp³-hybridized carbons (Fsp3) is 0.200. The number of hydrogen-bond donors (Lipinski definition) is 0. The summed E-state index contributed by atoms with van der Waals surface area (Å²) in [5, 5.41) is 17.7. The Balaban J connectivity index is 2.67. The van der Waals surface area contributed by atoms with E-state index in [-0.39, 0.29) is 33.7 Å². The van der Waals surface area contributed by atoms with Gasteiger partial charge >= 0.3 is 12.4 Å². The second-order valence-electron chi connectivity index (χ2n) is 5.89. The fourth-order valence-electron chi connectivity index (χ4n) is 2.48. The van der Waals surface area contributed by atoms with Gasteiger partial charge in [0.05, 0.1) is 36.1 Å². The first-order valence-corrected chi connectivity index (χ1v) is 8.73. The number of alkyl halides is 6. The smallest absolute Gasteiger partial charge is 0.206 e. The van der Waals surface area contributed by atoms with E-state index in [9.17, 15) is 30.7 Å². The molecule has 0 heterocycles. The number of hydrogen-bond acceptors (Lipinski definition) is 2. The lowest BCUT2D eigenvalue weighted by Gasteiger charge is -2.12. The second-order valence-corrected chi connectivity index (χ2v) is 6.75. The van der Waals surface area contributed by atoms with Gasteiger partial charge in [-0.3, -0.25) is 0 Å². The van der Waals surface area contributed by atoms with Crippen molar-refractivity contribution < 1.29 is 30.7 Å². The maximum absolute atomic E-state index is 14.6. The van der Waals surface area contributed by atoms with E-state index in [0.29, 0.717) is 12.1 Å². The van der Waals surface area contributed by atoms with Crippen molar-refractivity contribution in [3.8, 4) is 24.0 Å². The third-order valence-electron chi connectivity index (χ3n) is 3.86. The van der Waals surface area contributed by atoms with Crippen molar-refractivity contribution in [3.63, 3.8) is 0 Å². The minimum absolute atomic E-state index is 0.0285. The van der Waals surface area contributed by atoms with Crippen molar-refractivity contribution in [1.29, 1.82) is 10.5 Å². The minimum atomic E-state index is -5.03. The van der Waals surface area contributed by atoms with Gasteiger partial charge in [-0.05, 0) is 24.3 Å². The molecule has 2 rings (SSSR count). The van der Waals surface area contributed by atoms with Gasteiger partial charge in [0.15, 0.2) is 0 Å². The molecule has 0 aromatic heterocycles. The van der Waals surface area contributed by atoms with Crippen LogP contribution in [0.3, 0.4) is 0 Å². The van der Waals surface area contributed by atoms with E-state index < -0.39 is 41.3 Å². The Kier molecular flexibility index (Phi) is 6.80. The van der Waals surface area contributed by atoms with Crippen molar-refractivity contribution in [2.75, 3.05) is 0 Å². The monoisotopic (exact) mass is 488 g/mol. The Morgan fingerprint density at radius 1 is 0.767 bits per heavy atom. The standard InChI is InChI=1S/C20H8BrF7N2/c21-17-9-12(15(3-5-29)18(22)16(17)4-6-30)2-1-11-7-13(19(23,24)25)10-14(8-11)20(26,27)28/h7-10H,3-4H2. The van der Waals surface area contributed by atoms with Crippen molar-refractivity contribution >= 4 is 15.9 Å². The molecule has 0 atom stereocenters. The third kappa shape index (κ3) is 5.31. The van der Waals surface area contributed by atoms with E-state index in [1.54, 1.807) is 12.1 Å². The third-order valence-corrected chi connectivity index (χ3v) is 4.56. The summed E-state index contributed by atoms with van der Waals surface area (Å²) >= 11 is 3.05. The average Bonchev–Trinajstić information content (AvgIpc) is 2.64. The van der Waals surface area contributed by atoms with Crippen LogP contribution in [0.25, 0.3) is 0 Å². The molecule has 30 heavy (non-hydrogen) atoms. The van der Waals surface area contributed by atoms with E-state index in [1.807, 2.05) is 0 Å². The molecule has 0 fully saturated rings. The number of halogens is 8. The lowest BCUT2D eigenvalue weighted by atomic mass is 9.98. The van der Waals surface area contributed by atoms with Gasteiger partial charge in [0.1, 0.15) is 5.82 Å². The molecule has 10 heteroatoms. The van der Waals surface area contributed by atoms with Gasteiger partial charge in [-0.2, -0.15) is 36.9 Å². The van der Waals surface area contributed by atoms with E-state index in [4.69, 9.17) is 10.5 Å². The normalized spacial score (nSPS) is 11.3. The molecule has 0 saturated carbocycles. The number of nitrogens with zero attached hydrogens (tertiary/aromatic N) is 2. The van der Waals surface area contributed by atoms with Crippen LogP contribution in [-0.2, 0) is 25.2 Å². The highest BCUT2D eigenvalue weighted by molar-refractivity contribution is 9.10. The van der Waals surface area contributed by atoms with Gasteiger partial charge in [0.25, 0.3) is 0 Å². The highest BCUT2D eigenvalue weighted by Gasteiger charge is 2.36. The summed E-state index contributed by atoms with van der Waals surface area (Å²) in [4.78, 5) is 0. The Hall–Kier alpha value is -3.03. The van der Waals surface area contributed by atoms with Gasteiger partial charge < -0.3 is 0 Å². The van der Waals surface area contributed by atoms with Gasteiger partial charge in [-0.15, -0.1) is 0 Å². The van der Waals surface area contributed by atoms with Crippen molar-refractivity contribution in [2.24, 2.45) is 0 Å². The Morgan fingerprint density at radius 3 is 1.73 bits per heavy atom. The zero-order valence-corrected chi connectivity index (χ0v) is 16.2. The first kappa shape index (κ1) is 23.3. The van der Waals surface area contributed by atoms with Crippen molar-refractivity contribution in [2.45, 2.75) is 25.2 Å². The molecule has 0 aliphatic heterocycles. The van der Waals surface area contributed by atoms with Crippen LogP contribution in [0.4, 0.5) is 30.7 Å². The highest BCUT2D eigenvalue weighted by atomic mass is 79.9. The largest absolute Gasteiger partial charge is 0.416 e. The summed E-state index contributed by atoms with van der Waals surface area (Å²) in [5.41, 5.74) is -3.99. The van der Waals surface area contributed by atoms with Crippen LogP contribution in [0, 0.1) is 40.3 Å². The lowest BCUT2D eigenvalue weighted by molar-refractivity contribution is -0.143. The molecule has 0 bridgehead atoms. The molecule has 0 spiro atoms. The molecule has 2 nitrogen and oxygen atoms in total. The van der Waals surface area contributed by atoms with Crippen LogP contribution in [0.2, 0.25) is 0 Å². The van der Waals surface area contributed by atoms with Gasteiger partial charge in [-0.25, -0.2) is 4.39 Å². The molecule has 0 unspecified atom stereocenters. The topological polar surface area (TPSA) is 47.6 Å². The maximum Gasteiger partial charge on any atom is 0.416 e. The Morgan fingerprint density at radius 2 is 1.27 bits per heavy atom. The summed E-state index contributed by atoms with van der Waals surface area (Å²) in [5.74, 6) is 3.62. The second kappa shape index (κ2) is 8.77. The quantitative estimate of drug-likeness (QED) is 0.375. The molecule has 0 aliphatic carbocycles. The van der Waals surface area contributed by atoms with E-state index in [1.165, 1.54) is 6.07 Å². The van der Waals surface area contributed by atoms with E-state index in [0.717, 1.165) is 0 Å². The summed E-state index contributed by atoms with van der Waals surface area (Å²) < 4.78 is 92.5. The summed E-state index contributed by atoms with van der Waals surface area (Å²) in [6, 6.07) is 5.58. The predicted octanol–water partition coefficient (Wildman–Crippen LogP) is 6.16. The van der Waals surface area contributed by atoms with Crippen molar-refractivity contribution in [3.05, 3.63) is 67.9 Å². The van der Waals surface area contributed by atoms with Gasteiger partial charge in [0, 0.05) is 26.7 Å². The molecule has 0 amide bonds. The molecule has 0 N–H and O–H groups in total. The molecular formula is C20H8BrF7N2. The summed E-state index contributed by atoms with van der Waals surface area (Å²) in [6.07, 6.45) is -10.8. The van der Waals surface area contributed by atoms with Crippen LogP contribution in [-0.4, -0.2) is 0 Å². The zero-order chi connectivity index (χ0) is 22.7. The SMILES string of the molecule is N#CCc1c(Br)cc(C#Cc2cc(C(F)(F)F)cc(C(F)(F)F)c2)c(CC#N)c1F. The molecule has 154 valence electrons. The van der Waals surface area contributed by atoms with Crippen molar-refractivity contribution in [1.82, 2.24) is 0 Å². The fourth-order valence-corrected chi connectivity index (χ4v) is 3.02. The molecule has 0 aliphatic rings.